The van der Waals surface area contributed by atoms with E-state index in [1.807, 2.05) is 0 Å². The maximum atomic E-state index is 13.4. The zero-order chi connectivity index (χ0) is 14.1. The maximum absolute atomic E-state index is 13.4. The summed E-state index contributed by atoms with van der Waals surface area (Å²) in [6.45, 7) is 4.07. The molecule has 0 saturated carbocycles. The standard InChI is InChI=1S/C14H17F2N3O/c15-11-1-2-13(12(16)3-11)18-14(20)8-19-6-9-4-17-5-10(9)7-19/h1-3,9-10,17H,4-8H2,(H,18,20). The Labute approximate surface area is 116 Å². The molecule has 6 heteroatoms. The number of likely N-dealkylation sites (tertiary alicyclic amines) is 1. The van der Waals surface area contributed by atoms with Crippen molar-refractivity contribution in [3.63, 3.8) is 0 Å². The predicted octanol–water partition coefficient (Wildman–Crippen LogP) is 1.05. The summed E-state index contributed by atoms with van der Waals surface area (Å²) in [7, 11) is 0. The number of hydrogen-bond acceptors (Lipinski definition) is 3. The van der Waals surface area contributed by atoms with Crippen LogP contribution in [0.25, 0.3) is 0 Å². The molecule has 2 aliphatic heterocycles. The molecule has 108 valence electrons. The minimum Gasteiger partial charge on any atom is -0.322 e. The normalized spacial score (nSPS) is 25.7. The van der Waals surface area contributed by atoms with E-state index in [9.17, 15) is 13.6 Å². The van der Waals surface area contributed by atoms with Gasteiger partial charge in [-0.2, -0.15) is 0 Å². The lowest BCUT2D eigenvalue weighted by molar-refractivity contribution is -0.117. The third-order valence-electron chi connectivity index (χ3n) is 4.04. The van der Waals surface area contributed by atoms with Crippen molar-refractivity contribution < 1.29 is 13.6 Å². The average Bonchev–Trinajstić information content (AvgIpc) is 2.93. The van der Waals surface area contributed by atoms with E-state index in [-0.39, 0.29) is 18.1 Å². The molecule has 0 aliphatic carbocycles. The van der Waals surface area contributed by atoms with Gasteiger partial charge in [-0.1, -0.05) is 0 Å². The van der Waals surface area contributed by atoms with Crippen LogP contribution in [0.3, 0.4) is 0 Å². The summed E-state index contributed by atoms with van der Waals surface area (Å²) in [5, 5.41) is 5.83. The van der Waals surface area contributed by atoms with Gasteiger partial charge < -0.3 is 10.6 Å². The smallest absolute Gasteiger partial charge is 0.238 e. The van der Waals surface area contributed by atoms with Crippen LogP contribution in [0.2, 0.25) is 0 Å². The molecule has 2 saturated heterocycles. The topological polar surface area (TPSA) is 44.4 Å². The van der Waals surface area contributed by atoms with E-state index in [2.05, 4.69) is 15.5 Å². The van der Waals surface area contributed by atoms with Crippen LogP contribution < -0.4 is 10.6 Å². The summed E-state index contributed by atoms with van der Waals surface area (Å²) in [5.41, 5.74) is 0.0254. The Balaban J connectivity index is 1.55. The summed E-state index contributed by atoms with van der Waals surface area (Å²) in [4.78, 5) is 14.0. The molecule has 1 amide bonds. The van der Waals surface area contributed by atoms with Crippen molar-refractivity contribution in [2.45, 2.75) is 0 Å². The van der Waals surface area contributed by atoms with Crippen molar-refractivity contribution in [1.82, 2.24) is 10.2 Å². The number of rotatable bonds is 3. The second kappa shape index (κ2) is 5.46. The van der Waals surface area contributed by atoms with E-state index in [0.29, 0.717) is 11.8 Å². The number of benzene rings is 1. The van der Waals surface area contributed by atoms with Crippen LogP contribution in [0.5, 0.6) is 0 Å². The molecule has 0 radical (unpaired) electrons. The minimum atomic E-state index is -0.749. The number of halogens is 2. The quantitative estimate of drug-likeness (QED) is 0.870. The third kappa shape index (κ3) is 2.81. The van der Waals surface area contributed by atoms with Gasteiger partial charge in [-0.05, 0) is 37.1 Å². The lowest BCUT2D eigenvalue weighted by Gasteiger charge is -2.16. The molecule has 20 heavy (non-hydrogen) atoms. The van der Waals surface area contributed by atoms with E-state index in [1.165, 1.54) is 6.07 Å². The van der Waals surface area contributed by atoms with E-state index >= 15 is 0 Å². The molecule has 2 heterocycles. The second-order valence-corrected chi connectivity index (χ2v) is 5.54. The Bertz CT molecular complexity index is 511. The molecule has 2 unspecified atom stereocenters. The molecule has 3 rings (SSSR count). The van der Waals surface area contributed by atoms with Crippen LogP contribution in [-0.2, 0) is 4.79 Å². The molecule has 2 aliphatic rings. The highest BCUT2D eigenvalue weighted by atomic mass is 19.1. The van der Waals surface area contributed by atoms with Gasteiger partial charge in [0.2, 0.25) is 5.91 Å². The Kier molecular flexibility index (Phi) is 3.67. The molecule has 0 aromatic heterocycles. The predicted molar refractivity (Wildman–Crippen MR) is 71.3 cm³/mol. The first-order valence-electron chi connectivity index (χ1n) is 6.80. The number of anilines is 1. The Morgan fingerprint density at radius 2 is 2.00 bits per heavy atom. The molecule has 2 atom stereocenters. The lowest BCUT2D eigenvalue weighted by atomic mass is 10.0. The van der Waals surface area contributed by atoms with Crippen molar-refractivity contribution in [3.8, 4) is 0 Å². The zero-order valence-corrected chi connectivity index (χ0v) is 11.0. The molecular weight excluding hydrogens is 264 g/mol. The van der Waals surface area contributed by atoms with Gasteiger partial charge in [-0.25, -0.2) is 8.78 Å². The van der Waals surface area contributed by atoms with Gasteiger partial charge in [0, 0.05) is 19.2 Å². The maximum Gasteiger partial charge on any atom is 0.238 e. The highest BCUT2D eigenvalue weighted by molar-refractivity contribution is 5.92. The fourth-order valence-electron chi connectivity index (χ4n) is 3.07. The van der Waals surface area contributed by atoms with Gasteiger partial charge in [0.1, 0.15) is 11.6 Å². The first-order chi connectivity index (χ1) is 9.61. The minimum absolute atomic E-state index is 0.0254. The third-order valence-corrected chi connectivity index (χ3v) is 4.04. The fourth-order valence-corrected chi connectivity index (χ4v) is 3.07. The summed E-state index contributed by atoms with van der Waals surface area (Å²) >= 11 is 0. The Morgan fingerprint density at radius 1 is 1.30 bits per heavy atom. The molecule has 0 bridgehead atoms. The summed E-state index contributed by atoms with van der Waals surface area (Å²) < 4.78 is 26.2. The lowest BCUT2D eigenvalue weighted by Crippen LogP contribution is -2.33. The fraction of sp³-hybridized carbons (Fsp3) is 0.500. The molecule has 0 spiro atoms. The highest BCUT2D eigenvalue weighted by Gasteiger charge is 2.36. The van der Waals surface area contributed by atoms with Crippen molar-refractivity contribution in [2.75, 3.05) is 38.0 Å². The summed E-state index contributed by atoms with van der Waals surface area (Å²) in [6, 6.07) is 3.14. The van der Waals surface area contributed by atoms with Crippen LogP contribution in [-0.4, -0.2) is 43.5 Å². The largest absolute Gasteiger partial charge is 0.322 e. The van der Waals surface area contributed by atoms with Gasteiger partial charge in [-0.3, -0.25) is 9.69 Å². The molecular formula is C14H17F2N3O. The van der Waals surface area contributed by atoms with Gasteiger partial charge in [0.05, 0.1) is 12.2 Å². The SMILES string of the molecule is O=C(CN1CC2CNCC2C1)Nc1ccc(F)cc1F. The van der Waals surface area contributed by atoms with Crippen molar-refractivity contribution in [2.24, 2.45) is 11.8 Å². The van der Waals surface area contributed by atoms with Crippen molar-refractivity contribution in [3.05, 3.63) is 29.8 Å². The average molecular weight is 281 g/mol. The number of fused-ring (bicyclic) bond motifs is 1. The monoisotopic (exact) mass is 281 g/mol. The van der Waals surface area contributed by atoms with Gasteiger partial charge in [-0.15, -0.1) is 0 Å². The molecule has 1 aromatic rings. The van der Waals surface area contributed by atoms with E-state index in [0.717, 1.165) is 38.3 Å². The summed E-state index contributed by atoms with van der Waals surface area (Å²) in [5.74, 6) is -0.430. The van der Waals surface area contributed by atoms with Crippen LogP contribution >= 0.6 is 0 Å². The number of nitrogens with zero attached hydrogens (tertiary/aromatic N) is 1. The first-order valence-corrected chi connectivity index (χ1v) is 6.80. The van der Waals surface area contributed by atoms with Crippen molar-refractivity contribution in [1.29, 1.82) is 0 Å². The number of carbonyl (C=O) groups excluding carboxylic acids is 1. The number of hydrogen-bond donors (Lipinski definition) is 2. The van der Waals surface area contributed by atoms with Crippen LogP contribution in [0, 0.1) is 23.5 Å². The first kappa shape index (κ1) is 13.5. The Hall–Kier alpha value is -1.53. The number of nitrogens with one attached hydrogen (secondary N) is 2. The van der Waals surface area contributed by atoms with Crippen LogP contribution in [0.15, 0.2) is 18.2 Å². The Morgan fingerprint density at radius 3 is 2.65 bits per heavy atom. The molecule has 4 nitrogen and oxygen atoms in total. The van der Waals surface area contributed by atoms with E-state index in [4.69, 9.17) is 0 Å². The highest BCUT2D eigenvalue weighted by Crippen LogP contribution is 2.26. The number of amides is 1. The second-order valence-electron chi connectivity index (χ2n) is 5.54. The van der Waals surface area contributed by atoms with Crippen LogP contribution in [0.4, 0.5) is 14.5 Å². The molecule has 1 aromatic carbocycles. The number of carbonyl (C=O) groups is 1. The van der Waals surface area contributed by atoms with Gasteiger partial charge >= 0.3 is 0 Å². The molecule has 2 N–H and O–H groups in total. The van der Waals surface area contributed by atoms with E-state index < -0.39 is 11.6 Å². The van der Waals surface area contributed by atoms with Gasteiger partial charge in [0.25, 0.3) is 0 Å². The van der Waals surface area contributed by atoms with Crippen LogP contribution in [0.1, 0.15) is 0 Å². The van der Waals surface area contributed by atoms with Crippen molar-refractivity contribution >= 4 is 11.6 Å². The molecule has 2 fully saturated rings. The summed E-state index contributed by atoms with van der Waals surface area (Å²) in [6.07, 6.45) is 0. The van der Waals surface area contributed by atoms with E-state index in [1.54, 1.807) is 0 Å². The van der Waals surface area contributed by atoms with Gasteiger partial charge in [0.15, 0.2) is 0 Å². The zero-order valence-electron chi connectivity index (χ0n) is 11.0.